The van der Waals surface area contributed by atoms with E-state index < -0.39 is 0 Å². The summed E-state index contributed by atoms with van der Waals surface area (Å²) in [4.78, 5) is 4.78. The van der Waals surface area contributed by atoms with Crippen molar-refractivity contribution in [1.82, 2.24) is 9.80 Å². The topological polar surface area (TPSA) is 30.3 Å². The molecule has 0 spiro atoms. The van der Waals surface area contributed by atoms with Gasteiger partial charge in [0.2, 0.25) is 0 Å². The van der Waals surface area contributed by atoms with Gasteiger partial charge in [-0.2, -0.15) is 5.26 Å². The van der Waals surface area contributed by atoms with Crippen LogP contribution in [0.3, 0.4) is 0 Å². The first-order chi connectivity index (χ1) is 9.12. The first kappa shape index (κ1) is 14.0. The van der Waals surface area contributed by atoms with Gasteiger partial charge in [0.25, 0.3) is 0 Å². The number of benzene rings is 1. The van der Waals surface area contributed by atoms with Gasteiger partial charge in [0.15, 0.2) is 0 Å². The van der Waals surface area contributed by atoms with Crippen molar-refractivity contribution in [3.8, 4) is 6.07 Å². The lowest BCUT2D eigenvalue weighted by Gasteiger charge is -2.40. The summed E-state index contributed by atoms with van der Waals surface area (Å²) in [7, 11) is 0. The third-order valence-electron chi connectivity index (χ3n) is 4.00. The van der Waals surface area contributed by atoms with E-state index in [0.717, 1.165) is 39.1 Å². The number of nitrogens with zero attached hydrogens (tertiary/aromatic N) is 3. The normalized spacial score (nSPS) is 18.2. The van der Waals surface area contributed by atoms with Gasteiger partial charge in [0.1, 0.15) is 5.54 Å². The Kier molecular flexibility index (Phi) is 4.57. The molecule has 0 N–H and O–H groups in total. The fourth-order valence-corrected chi connectivity index (χ4v) is 2.53. The highest BCUT2D eigenvalue weighted by molar-refractivity contribution is 5.15. The Balaban J connectivity index is 1.77. The van der Waals surface area contributed by atoms with Gasteiger partial charge in [-0.25, -0.2) is 0 Å². The van der Waals surface area contributed by atoms with E-state index in [2.05, 4.69) is 46.2 Å². The van der Waals surface area contributed by atoms with Crippen LogP contribution >= 0.6 is 0 Å². The van der Waals surface area contributed by atoms with Gasteiger partial charge in [-0.3, -0.25) is 4.90 Å². The largest absolute Gasteiger partial charge is 0.300 e. The molecular formula is C16H23N3. The van der Waals surface area contributed by atoms with E-state index in [9.17, 15) is 0 Å². The van der Waals surface area contributed by atoms with Crippen molar-refractivity contribution in [2.24, 2.45) is 0 Å². The summed E-state index contributed by atoms with van der Waals surface area (Å²) in [6.07, 6.45) is 1.11. The monoisotopic (exact) mass is 257 g/mol. The molecule has 0 aliphatic carbocycles. The summed E-state index contributed by atoms with van der Waals surface area (Å²) in [6, 6.07) is 13.0. The SMILES string of the molecule is CC(C)(C#N)N1CCN(CCc2ccccc2)CC1. The maximum absolute atomic E-state index is 9.16. The molecule has 1 saturated heterocycles. The van der Waals surface area contributed by atoms with Crippen LogP contribution in [-0.4, -0.2) is 48.1 Å². The van der Waals surface area contributed by atoms with Crippen LogP contribution in [0.25, 0.3) is 0 Å². The van der Waals surface area contributed by atoms with Crippen LogP contribution in [0.2, 0.25) is 0 Å². The molecule has 1 heterocycles. The second-order valence-electron chi connectivity index (χ2n) is 5.74. The van der Waals surface area contributed by atoms with Gasteiger partial charge in [-0.05, 0) is 25.8 Å². The number of nitriles is 1. The summed E-state index contributed by atoms with van der Waals surface area (Å²) >= 11 is 0. The second-order valence-corrected chi connectivity index (χ2v) is 5.74. The zero-order valence-electron chi connectivity index (χ0n) is 12.0. The van der Waals surface area contributed by atoms with Gasteiger partial charge in [-0.1, -0.05) is 30.3 Å². The molecule has 1 fully saturated rings. The van der Waals surface area contributed by atoms with Crippen LogP contribution in [0.4, 0.5) is 0 Å². The maximum Gasteiger partial charge on any atom is 0.103 e. The second kappa shape index (κ2) is 6.18. The summed E-state index contributed by atoms with van der Waals surface area (Å²) in [5.74, 6) is 0. The fraction of sp³-hybridized carbons (Fsp3) is 0.562. The van der Waals surface area contributed by atoms with E-state index >= 15 is 0 Å². The van der Waals surface area contributed by atoms with E-state index in [-0.39, 0.29) is 5.54 Å². The average molecular weight is 257 g/mol. The van der Waals surface area contributed by atoms with Gasteiger partial charge < -0.3 is 4.90 Å². The molecule has 102 valence electrons. The van der Waals surface area contributed by atoms with E-state index in [1.807, 2.05) is 13.8 Å². The van der Waals surface area contributed by atoms with E-state index in [1.165, 1.54) is 5.56 Å². The fourth-order valence-electron chi connectivity index (χ4n) is 2.53. The molecule has 0 aromatic heterocycles. The molecule has 3 nitrogen and oxygen atoms in total. The molecule has 2 rings (SSSR count). The lowest BCUT2D eigenvalue weighted by molar-refractivity contribution is 0.0808. The molecule has 19 heavy (non-hydrogen) atoms. The molecule has 0 amide bonds. The highest BCUT2D eigenvalue weighted by Crippen LogP contribution is 2.16. The quantitative estimate of drug-likeness (QED) is 0.828. The molecular weight excluding hydrogens is 234 g/mol. The maximum atomic E-state index is 9.16. The predicted octanol–water partition coefficient (Wildman–Crippen LogP) is 2.15. The van der Waals surface area contributed by atoms with Crippen LogP contribution in [0.15, 0.2) is 30.3 Å². The van der Waals surface area contributed by atoms with Crippen LogP contribution < -0.4 is 0 Å². The van der Waals surface area contributed by atoms with Crippen molar-refractivity contribution >= 4 is 0 Å². The van der Waals surface area contributed by atoms with Gasteiger partial charge in [0, 0.05) is 32.7 Å². The Hall–Kier alpha value is -1.37. The molecule has 3 heteroatoms. The minimum absolute atomic E-state index is 0.328. The van der Waals surface area contributed by atoms with Crippen LogP contribution in [0.5, 0.6) is 0 Å². The van der Waals surface area contributed by atoms with E-state index in [1.54, 1.807) is 0 Å². The number of hydrogen-bond acceptors (Lipinski definition) is 3. The van der Waals surface area contributed by atoms with Gasteiger partial charge in [0.05, 0.1) is 6.07 Å². The predicted molar refractivity (Wildman–Crippen MR) is 77.9 cm³/mol. The van der Waals surface area contributed by atoms with Crippen molar-refractivity contribution in [2.75, 3.05) is 32.7 Å². The number of rotatable bonds is 4. The molecule has 1 aromatic carbocycles. The van der Waals surface area contributed by atoms with Gasteiger partial charge >= 0.3 is 0 Å². The minimum Gasteiger partial charge on any atom is -0.300 e. The van der Waals surface area contributed by atoms with Crippen molar-refractivity contribution in [3.05, 3.63) is 35.9 Å². The number of hydrogen-bond donors (Lipinski definition) is 0. The van der Waals surface area contributed by atoms with Crippen LogP contribution in [0, 0.1) is 11.3 Å². The molecule has 1 aliphatic rings. The standard InChI is InChI=1S/C16H23N3/c1-16(2,14-17)19-12-10-18(11-13-19)9-8-15-6-4-3-5-7-15/h3-7H,8-13H2,1-2H3. The summed E-state index contributed by atoms with van der Waals surface area (Å²) in [5.41, 5.74) is 1.08. The Morgan fingerprint density at radius 1 is 1.11 bits per heavy atom. The van der Waals surface area contributed by atoms with E-state index in [0.29, 0.717) is 0 Å². The minimum atomic E-state index is -0.328. The van der Waals surface area contributed by atoms with Crippen LogP contribution in [0.1, 0.15) is 19.4 Å². The molecule has 1 aliphatic heterocycles. The Morgan fingerprint density at radius 3 is 2.32 bits per heavy atom. The summed E-state index contributed by atoms with van der Waals surface area (Å²) in [5, 5.41) is 9.16. The van der Waals surface area contributed by atoms with Crippen molar-refractivity contribution < 1.29 is 0 Å². The first-order valence-corrected chi connectivity index (χ1v) is 7.04. The average Bonchev–Trinajstić information content (AvgIpc) is 2.47. The Bertz CT molecular complexity index is 425. The van der Waals surface area contributed by atoms with E-state index in [4.69, 9.17) is 5.26 Å². The molecule has 0 radical (unpaired) electrons. The third-order valence-corrected chi connectivity index (χ3v) is 4.00. The zero-order chi connectivity index (χ0) is 13.7. The highest BCUT2D eigenvalue weighted by Gasteiger charge is 2.29. The lowest BCUT2D eigenvalue weighted by Crippen LogP contribution is -2.54. The van der Waals surface area contributed by atoms with Crippen molar-refractivity contribution in [3.63, 3.8) is 0 Å². The van der Waals surface area contributed by atoms with Crippen molar-refractivity contribution in [1.29, 1.82) is 5.26 Å². The summed E-state index contributed by atoms with van der Waals surface area (Å²) in [6.45, 7) is 9.25. The molecule has 0 bridgehead atoms. The smallest absolute Gasteiger partial charge is 0.103 e. The Labute approximate surface area is 116 Å². The third kappa shape index (κ3) is 3.79. The van der Waals surface area contributed by atoms with Crippen LogP contribution in [-0.2, 0) is 6.42 Å². The van der Waals surface area contributed by atoms with Crippen molar-refractivity contribution in [2.45, 2.75) is 25.8 Å². The molecule has 1 aromatic rings. The first-order valence-electron chi connectivity index (χ1n) is 7.04. The Morgan fingerprint density at radius 2 is 1.74 bits per heavy atom. The van der Waals surface area contributed by atoms with Gasteiger partial charge in [-0.15, -0.1) is 0 Å². The lowest BCUT2D eigenvalue weighted by atomic mass is 10.0. The molecule has 0 saturated carbocycles. The molecule has 0 atom stereocenters. The highest BCUT2D eigenvalue weighted by atomic mass is 15.3. The summed E-state index contributed by atoms with van der Waals surface area (Å²) < 4.78 is 0. The zero-order valence-corrected chi connectivity index (χ0v) is 12.0. The molecule has 0 unspecified atom stereocenters. The number of piperazine rings is 1.